The lowest BCUT2D eigenvalue weighted by molar-refractivity contribution is -0.154. The summed E-state index contributed by atoms with van der Waals surface area (Å²) in [5, 5.41) is 4.44. The Bertz CT molecular complexity index is 934. The van der Waals surface area contributed by atoms with E-state index in [-0.39, 0.29) is 47.5 Å². The third-order valence-corrected chi connectivity index (χ3v) is 8.52. The van der Waals surface area contributed by atoms with E-state index in [9.17, 15) is 9.59 Å². The molecule has 136 valence electrons. The maximum atomic E-state index is 13.6. The van der Waals surface area contributed by atoms with E-state index in [1.807, 2.05) is 18.2 Å². The van der Waals surface area contributed by atoms with Crippen molar-refractivity contribution in [3.63, 3.8) is 0 Å². The highest BCUT2D eigenvalue weighted by molar-refractivity contribution is 6.06. The average molecular weight is 359 g/mol. The molecule has 7 rings (SSSR count). The molecule has 0 spiro atoms. The highest BCUT2D eigenvalue weighted by Gasteiger charge is 2.71. The number of fused-ring (bicyclic) bond motifs is 13. The lowest BCUT2D eigenvalue weighted by Gasteiger charge is -2.44. The molecule has 0 unspecified atom stereocenters. The van der Waals surface area contributed by atoms with Crippen LogP contribution < -0.4 is 0 Å². The molecule has 0 radical (unpaired) electrons. The van der Waals surface area contributed by atoms with Crippen LogP contribution in [-0.2, 0) is 14.4 Å². The first-order valence-electron chi connectivity index (χ1n) is 10.3. The lowest BCUT2D eigenvalue weighted by Crippen LogP contribution is -2.55. The molecule has 0 aromatic heterocycles. The molecule has 4 bridgehead atoms. The average Bonchev–Trinajstić information content (AvgIpc) is 3.49. The van der Waals surface area contributed by atoms with E-state index in [1.165, 1.54) is 0 Å². The summed E-state index contributed by atoms with van der Waals surface area (Å²) >= 11 is 0. The molecule has 0 amide bonds. The van der Waals surface area contributed by atoms with Gasteiger partial charge in [0.2, 0.25) is 0 Å². The second-order valence-corrected chi connectivity index (χ2v) is 9.36. The van der Waals surface area contributed by atoms with Gasteiger partial charge in [-0.05, 0) is 36.2 Å². The zero-order valence-corrected chi connectivity index (χ0v) is 14.9. The summed E-state index contributed by atoms with van der Waals surface area (Å²) in [5.74, 6) is 1.56. The molecule has 10 atom stereocenters. The number of hydrogen-bond donors (Lipinski definition) is 0. The maximum Gasteiger partial charge on any atom is 0.141 e. The highest BCUT2D eigenvalue weighted by atomic mass is 16.6. The second-order valence-electron chi connectivity index (χ2n) is 9.36. The van der Waals surface area contributed by atoms with Crippen molar-refractivity contribution < 1.29 is 14.4 Å². The molecule has 1 aliphatic heterocycles. The Morgan fingerprint density at radius 2 is 1.44 bits per heavy atom. The van der Waals surface area contributed by atoms with Gasteiger partial charge in [-0.25, -0.2) is 0 Å². The van der Waals surface area contributed by atoms with Gasteiger partial charge in [0, 0.05) is 35.5 Å². The molecular weight excluding hydrogens is 338 g/mol. The number of Topliss-reactive ketones (excluding diaryl/α,β-unsaturated/α-hetero) is 2. The zero-order valence-electron chi connectivity index (χ0n) is 14.9. The number of allylic oxidation sites excluding steroid dienone is 2. The van der Waals surface area contributed by atoms with E-state index in [1.54, 1.807) is 0 Å². The Labute approximate surface area is 157 Å². The van der Waals surface area contributed by atoms with Crippen molar-refractivity contribution in [3.8, 4) is 0 Å². The van der Waals surface area contributed by atoms with E-state index in [0.29, 0.717) is 23.4 Å². The summed E-state index contributed by atoms with van der Waals surface area (Å²) in [4.78, 5) is 32.9. The van der Waals surface area contributed by atoms with Gasteiger partial charge in [-0.3, -0.25) is 9.59 Å². The van der Waals surface area contributed by atoms with Crippen molar-refractivity contribution in [1.82, 2.24) is 0 Å². The zero-order chi connectivity index (χ0) is 17.9. The molecule has 4 fully saturated rings. The monoisotopic (exact) mass is 359 g/mol. The van der Waals surface area contributed by atoms with E-state index in [0.717, 1.165) is 24.1 Å². The largest absolute Gasteiger partial charge is 0.391 e. The predicted molar refractivity (Wildman–Crippen MR) is 97.7 cm³/mol. The van der Waals surface area contributed by atoms with Crippen LogP contribution >= 0.6 is 0 Å². The number of carbonyl (C=O) groups excluding carboxylic acids is 2. The molecule has 4 saturated carbocycles. The van der Waals surface area contributed by atoms with Crippen molar-refractivity contribution in [3.05, 3.63) is 48.0 Å². The first-order valence-corrected chi connectivity index (χ1v) is 10.3. The lowest BCUT2D eigenvalue weighted by atomic mass is 9.57. The van der Waals surface area contributed by atoms with Gasteiger partial charge in [0.15, 0.2) is 0 Å². The van der Waals surface area contributed by atoms with Crippen molar-refractivity contribution in [2.75, 3.05) is 0 Å². The number of ketones is 2. The van der Waals surface area contributed by atoms with Crippen LogP contribution in [0.1, 0.15) is 18.4 Å². The van der Waals surface area contributed by atoms with Crippen LogP contribution in [0.2, 0.25) is 0 Å². The van der Waals surface area contributed by atoms with Crippen molar-refractivity contribution in [1.29, 1.82) is 0 Å². The third kappa shape index (κ3) is 1.61. The third-order valence-electron chi connectivity index (χ3n) is 8.52. The van der Waals surface area contributed by atoms with Gasteiger partial charge >= 0.3 is 0 Å². The normalized spacial score (nSPS) is 50.4. The van der Waals surface area contributed by atoms with E-state index in [2.05, 4.69) is 29.4 Å². The minimum Gasteiger partial charge on any atom is -0.391 e. The molecule has 1 aromatic rings. The fourth-order valence-electron chi connectivity index (χ4n) is 7.71. The van der Waals surface area contributed by atoms with Gasteiger partial charge in [-0.2, -0.15) is 0 Å². The van der Waals surface area contributed by atoms with Crippen LogP contribution in [0.15, 0.2) is 47.6 Å². The van der Waals surface area contributed by atoms with Crippen LogP contribution in [0.5, 0.6) is 0 Å². The van der Waals surface area contributed by atoms with E-state index in [4.69, 9.17) is 4.84 Å². The van der Waals surface area contributed by atoms with Crippen LogP contribution in [0.3, 0.4) is 0 Å². The first-order chi connectivity index (χ1) is 13.2. The van der Waals surface area contributed by atoms with Crippen LogP contribution in [0, 0.1) is 53.3 Å². The number of rotatable bonds is 1. The molecule has 1 aromatic carbocycles. The Kier molecular flexibility index (Phi) is 2.62. The van der Waals surface area contributed by atoms with Crippen LogP contribution in [0.4, 0.5) is 0 Å². The summed E-state index contributed by atoms with van der Waals surface area (Å²) in [6.45, 7) is 0. The quantitative estimate of drug-likeness (QED) is 0.725. The van der Waals surface area contributed by atoms with Crippen molar-refractivity contribution in [2.45, 2.75) is 18.9 Å². The standard InChI is InChI=1S/C23H21NO3/c25-21-15-11-6-7-12(8-11)16(15)22(26)18-14-9-13(17(18)21)19-20(24-27-23(14)19)10-4-2-1-3-5-10/h1-7,11-19,23H,8-9H2/t11-,12+,13+,14-,15-,16+,17-,18+,19-,23-/m0/s1. The van der Waals surface area contributed by atoms with Crippen molar-refractivity contribution in [2.24, 2.45) is 58.4 Å². The fourth-order valence-corrected chi connectivity index (χ4v) is 7.71. The van der Waals surface area contributed by atoms with Crippen LogP contribution in [-0.4, -0.2) is 23.4 Å². The predicted octanol–water partition coefficient (Wildman–Crippen LogP) is 2.88. The van der Waals surface area contributed by atoms with Gasteiger partial charge in [0.1, 0.15) is 17.7 Å². The SMILES string of the molecule is O=C1[C@@H]2[C@H](C(=O)[C@@H]3[C@@H]4C[C@@H]([C@H]5C(c6ccccc6)=NO[C@@H]45)[C@H]13)[C@@H]1C=C[C@H]2C1. The van der Waals surface area contributed by atoms with Crippen molar-refractivity contribution >= 4 is 17.3 Å². The molecular formula is C23H21NO3. The Balaban J connectivity index is 1.29. The molecule has 0 N–H and O–H groups in total. The number of hydrogen-bond acceptors (Lipinski definition) is 4. The summed E-state index contributed by atoms with van der Waals surface area (Å²) in [6.07, 6.45) is 6.31. The summed E-state index contributed by atoms with van der Waals surface area (Å²) < 4.78 is 0. The highest BCUT2D eigenvalue weighted by Crippen LogP contribution is 2.65. The van der Waals surface area contributed by atoms with Gasteiger partial charge in [0.25, 0.3) is 0 Å². The topological polar surface area (TPSA) is 55.7 Å². The number of benzene rings is 1. The molecule has 27 heavy (non-hydrogen) atoms. The Hall–Kier alpha value is -2.23. The van der Waals surface area contributed by atoms with Gasteiger partial charge in [0.05, 0.1) is 5.71 Å². The molecule has 1 heterocycles. The molecule has 4 nitrogen and oxygen atoms in total. The smallest absolute Gasteiger partial charge is 0.141 e. The summed E-state index contributed by atoms with van der Waals surface area (Å²) in [6, 6.07) is 10.2. The molecule has 0 saturated heterocycles. The maximum absolute atomic E-state index is 13.6. The molecule has 6 aliphatic rings. The van der Waals surface area contributed by atoms with Gasteiger partial charge < -0.3 is 4.84 Å². The molecule has 5 aliphatic carbocycles. The molecule has 4 heteroatoms. The van der Waals surface area contributed by atoms with Gasteiger partial charge in [-0.15, -0.1) is 0 Å². The minimum absolute atomic E-state index is 0.0195. The first kappa shape index (κ1) is 14.8. The minimum atomic E-state index is -0.122. The second kappa shape index (κ2) is 4.78. The number of carbonyl (C=O) groups is 2. The Morgan fingerprint density at radius 3 is 2.15 bits per heavy atom. The number of nitrogens with zero attached hydrogens (tertiary/aromatic N) is 1. The Morgan fingerprint density at radius 1 is 0.778 bits per heavy atom. The summed E-state index contributed by atoms with van der Waals surface area (Å²) in [5.41, 5.74) is 2.08. The number of oxime groups is 1. The summed E-state index contributed by atoms with van der Waals surface area (Å²) in [7, 11) is 0. The van der Waals surface area contributed by atoms with Gasteiger partial charge in [-0.1, -0.05) is 47.6 Å². The van der Waals surface area contributed by atoms with Crippen LogP contribution in [0.25, 0.3) is 0 Å². The van der Waals surface area contributed by atoms with E-state index < -0.39 is 0 Å². The fraction of sp³-hybridized carbons (Fsp3) is 0.522. The van der Waals surface area contributed by atoms with E-state index >= 15 is 0 Å².